The molecule has 0 unspecified atom stereocenters. The van der Waals surface area contributed by atoms with Gasteiger partial charge in [0.2, 0.25) is 0 Å². The number of nitrogens with zero attached hydrogens (tertiary/aromatic N) is 5. The van der Waals surface area contributed by atoms with Crippen LogP contribution in [0.2, 0.25) is 0 Å². The Morgan fingerprint density at radius 3 is 2.76 bits per heavy atom. The van der Waals surface area contributed by atoms with Gasteiger partial charge in [0.25, 0.3) is 0 Å². The van der Waals surface area contributed by atoms with Gasteiger partial charge in [-0.25, -0.2) is 19.9 Å². The molecule has 168 valence electrons. The highest BCUT2D eigenvalue weighted by molar-refractivity contribution is 5.84. The average molecular weight is 449 g/mol. The number of aromatic amines is 1. The summed E-state index contributed by atoms with van der Waals surface area (Å²) in [5, 5.41) is 1.20. The van der Waals surface area contributed by atoms with Gasteiger partial charge in [-0.1, -0.05) is 30.3 Å². The van der Waals surface area contributed by atoms with E-state index in [9.17, 15) is 0 Å². The summed E-state index contributed by atoms with van der Waals surface area (Å²) < 4.78 is 6.06. The Kier molecular flexibility index (Phi) is 5.45. The zero-order valence-corrected chi connectivity index (χ0v) is 18.7. The lowest BCUT2D eigenvalue weighted by atomic mass is 10.1. The summed E-state index contributed by atoms with van der Waals surface area (Å²) in [6.45, 7) is 3.20. The van der Waals surface area contributed by atoms with Crippen LogP contribution in [-0.4, -0.2) is 36.4 Å². The summed E-state index contributed by atoms with van der Waals surface area (Å²) in [7, 11) is 0. The lowest BCUT2D eigenvalue weighted by molar-refractivity contribution is 0.244. The van der Waals surface area contributed by atoms with Gasteiger partial charge in [-0.05, 0) is 29.3 Å². The second-order valence-corrected chi connectivity index (χ2v) is 8.55. The molecule has 0 saturated heterocycles. The van der Waals surface area contributed by atoms with E-state index in [1.807, 2.05) is 30.5 Å². The second kappa shape index (κ2) is 9.03. The van der Waals surface area contributed by atoms with Crippen LogP contribution in [0, 0.1) is 0 Å². The van der Waals surface area contributed by atoms with Crippen LogP contribution in [0.15, 0.2) is 79.6 Å². The van der Waals surface area contributed by atoms with Gasteiger partial charge < -0.3 is 9.72 Å². The summed E-state index contributed by atoms with van der Waals surface area (Å²) in [5.74, 6) is 1.57. The van der Waals surface area contributed by atoms with Gasteiger partial charge in [0, 0.05) is 67.3 Å². The third-order valence-electron chi connectivity index (χ3n) is 6.21. The first-order valence-corrected chi connectivity index (χ1v) is 11.4. The predicted octanol–water partition coefficient (Wildman–Crippen LogP) is 4.55. The van der Waals surface area contributed by atoms with Gasteiger partial charge in [0.05, 0.1) is 11.3 Å². The van der Waals surface area contributed by atoms with Crippen molar-refractivity contribution in [2.75, 3.05) is 6.54 Å². The molecule has 7 heteroatoms. The Balaban J connectivity index is 1.17. The predicted molar refractivity (Wildman–Crippen MR) is 130 cm³/mol. The van der Waals surface area contributed by atoms with Crippen LogP contribution < -0.4 is 4.74 Å². The van der Waals surface area contributed by atoms with Crippen molar-refractivity contribution in [3.8, 4) is 17.1 Å². The van der Waals surface area contributed by atoms with Crippen molar-refractivity contribution in [1.82, 2.24) is 29.8 Å². The van der Waals surface area contributed by atoms with Crippen molar-refractivity contribution in [2.45, 2.75) is 26.1 Å². The number of H-pyrrole nitrogens is 1. The fourth-order valence-corrected chi connectivity index (χ4v) is 4.42. The molecule has 7 nitrogen and oxygen atoms in total. The van der Waals surface area contributed by atoms with E-state index in [0.717, 1.165) is 54.1 Å². The van der Waals surface area contributed by atoms with Crippen LogP contribution in [-0.2, 0) is 26.1 Å². The van der Waals surface area contributed by atoms with Gasteiger partial charge in [0.15, 0.2) is 5.82 Å². The van der Waals surface area contributed by atoms with Gasteiger partial charge in [0.1, 0.15) is 18.7 Å². The van der Waals surface area contributed by atoms with Crippen molar-refractivity contribution >= 4 is 10.9 Å². The van der Waals surface area contributed by atoms with E-state index >= 15 is 0 Å². The molecule has 0 radical (unpaired) electrons. The van der Waals surface area contributed by atoms with Crippen molar-refractivity contribution in [3.63, 3.8) is 0 Å². The molecule has 0 fully saturated rings. The molecular formula is C27H24N6O. The molecule has 0 saturated carbocycles. The molecule has 0 spiro atoms. The van der Waals surface area contributed by atoms with E-state index in [-0.39, 0.29) is 0 Å². The molecule has 0 aliphatic carbocycles. The first kappa shape index (κ1) is 20.5. The Morgan fingerprint density at radius 2 is 1.88 bits per heavy atom. The highest BCUT2D eigenvalue weighted by Gasteiger charge is 2.20. The van der Waals surface area contributed by atoms with Crippen molar-refractivity contribution in [2.24, 2.45) is 0 Å². The summed E-state index contributed by atoms with van der Waals surface area (Å²) >= 11 is 0. The number of aromatic nitrogens is 5. The minimum absolute atomic E-state index is 0.562. The zero-order valence-electron chi connectivity index (χ0n) is 18.7. The highest BCUT2D eigenvalue weighted by atomic mass is 16.5. The number of hydrogen-bond donors (Lipinski definition) is 1. The monoisotopic (exact) mass is 448 g/mol. The first-order valence-electron chi connectivity index (χ1n) is 11.4. The highest BCUT2D eigenvalue weighted by Crippen LogP contribution is 2.27. The summed E-state index contributed by atoms with van der Waals surface area (Å²) in [4.78, 5) is 23.3. The van der Waals surface area contributed by atoms with E-state index in [4.69, 9.17) is 9.72 Å². The lowest BCUT2D eigenvalue weighted by Crippen LogP contribution is -2.30. The largest absolute Gasteiger partial charge is 0.489 e. The maximum absolute atomic E-state index is 6.06. The molecule has 0 amide bonds. The van der Waals surface area contributed by atoms with E-state index in [2.05, 4.69) is 55.3 Å². The van der Waals surface area contributed by atoms with Crippen LogP contribution in [0.5, 0.6) is 5.75 Å². The molecule has 2 aromatic carbocycles. The molecular weight excluding hydrogens is 424 g/mol. The van der Waals surface area contributed by atoms with Crippen molar-refractivity contribution < 1.29 is 4.74 Å². The number of benzene rings is 2. The maximum Gasteiger partial charge on any atom is 0.162 e. The molecule has 0 bridgehead atoms. The smallest absolute Gasteiger partial charge is 0.162 e. The number of rotatable bonds is 6. The van der Waals surface area contributed by atoms with E-state index in [1.54, 1.807) is 12.4 Å². The molecule has 1 aliphatic rings. The SMILES string of the molecule is c1ccc(COc2ccc3[nH]cc(CN4CCc5nc(-c6cncnc6)ncc5C4)c3c2)cc1. The standard InChI is InChI=1S/C27H24N6O/c1-2-4-19(5-3-1)17-34-23-6-7-26-24(10-23)21(13-30-26)15-33-9-8-25-22(16-33)14-31-27(32-25)20-11-28-18-29-12-20/h1-7,10-14,18,30H,8-9,15-17H2. The summed E-state index contributed by atoms with van der Waals surface area (Å²) in [6.07, 6.45) is 9.96. The summed E-state index contributed by atoms with van der Waals surface area (Å²) in [5.41, 5.74) is 6.69. The number of hydrogen-bond acceptors (Lipinski definition) is 6. The first-order chi connectivity index (χ1) is 16.8. The number of ether oxygens (including phenoxy) is 1. The average Bonchev–Trinajstić information content (AvgIpc) is 3.30. The Labute approximate surface area is 197 Å². The van der Waals surface area contributed by atoms with Crippen molar-refractivity contribution in [3.05, 3.63) is 102 Å². The van der Waals surface area contributed by atoms with E-state index < -0.39 is 0 Å². The van der Waals surface area contributed by atoms with Gasteiger partial charge in [-0.3, -0.25) is 4.90 Å². The number of nitrogens with one attached hydrogen (secondary N) is 1. The Morgan fingerprint density at radius 1 is 1.00 bits per heavy atom. The normalized spacial score (nSPS) is 13.6. The molecule has 0 atom stereocenters. The molecule has 5 aromatic rings. The molecule has 6 rings (SSSR count). The topological polar surface area (TPSA) is 79.8 Å². The van der Waals surface area contributed by atoms with Crippen LogP contribution in [0.25, 0.3) is 22.3 Å². The van der Waals surface area contributed by atoms with Crippen LogP contribution in [0.4, 0.5) is 0 Å². The number of fused-ring (bicyclic) bond motifs is 2. The fraction of sp³-hybridized carbons (Fsp3) is 0.185. The molecule has 1 aliphatic heterocycles. The Hall–Kier alpha value is -4.10. The minimum atomic E-state index is 0.562. The third kappa shape index (κ3) is 4.25. The van der Waals surface area contributed by atoms with Crippen LogP contribution in [0.3, 0.4) is 0 Å². The zero-order chi connectivity index (χ0) is 22.7. The van der Waals surface area contributed by atoms with Crippen LogP contribution in [0.1, 0.15) is 22.4 Å². The molecule has 3 aromatic heterocycles. The second-order valence-electron chi connectivity index (χ2n) is 8.55. The summed E-state index contributed by atoms with van der Waals surface area (Å²) in [6, 6.07) is 16.5. The molecule has 1 N–H and O–H groups in total. The van der Waals surface area contributed by atoms with Gasteiger partial charge >= 0.3 is 0 Å². The molecule has 4 heterocycles. The lowest BCUT2D eigenvalue weighted by Gasteiger charge is -2.27. The third-order valence-corrected chi connectivity index (χ3v) is 6.21. The van der Waals surface area contributed by atoms with E-state index in [1.165, 1.54) is 22.8 Å². The van der Waals surface area contributed by atoms with E-state index in [0.29, 0.717) is 12.4 Å². The maximum atomic E-state index is 6.06. The quantitative estimate of drug-likeness (QED) is 0.410. The van der Waals surface area contributed by atoms with Crippen LogP contribution >= 0.6 is 0 Å². The fourth-order valence-electron chi connectivity index (χ4n) is 4.42. The van der Waals surface area contributed by atoms with Gasteiger partial charge in [-0.2, -0.15) is 0 Å². The molecule has 34 heavy (non-hydrogen) atoms. The minimum Gasteiger partial charge on any atom is -0.489 e. The van der Waals surface area contributed by atoms with Crippen molar-refractivity contribution in [1.29, 1.82) is 0 Å². The Bertz CT molecular complexity index is 1420. The van der Waals surface area contributed by atoms with Gasteiger partial charge in [-0.15, -0.1) is 0 Å².